The molecular formula is C21H21BrN2OS. The molecule has 1 aromatic heterocycles. The predicted molar refractivity (Wildman–Crippen MR) is 113 cm³/mol. The van der Waals surface area contributed by atoms with Crippen molar-refractivity contribution >= 4 is 33.0 Å². The normalized spacial score (nSPS) is 11.7. The molecule has 134 valence electrons. The minimum atomic E-state index is 0.00886. The molecule has 26 heavy (non-hydrogen) atoms. The molecule has 0 aliphatic rings. The summed E-state index contributed by atoms with van der Waals surface area (Å²) in [7, 11) is 0. The van der Waals surface area contributed by atoms with Crippen molar-refractivity contribution in [3.63, 3.8) is 0 Å². The number of benzene rings is 2. The van der Waals surface area contributed by atoms with Crippen molar-refractivity contribution in [3.05, 3.63) is 80.3 Å². The molecule has 0 aliphatic heterocycles. The maximum atomic E-state index is 12.8. The number of halogens is 1. The van der Waals surface area contributed by atoms with Crippen LogP contribution in [0.5, 0.6) is 0 Å². The zero-order valence-corrected chi connectivity index (χ0v) is 17.1. The van der Waals surface area contributed by atoms with Crippen LogP contribution in [-0.4, -0.2) is 4.57 Å². The van der Waals surface area contributed by atoms with Gasteiger partial charge in [-0.05, 0) is 36.2 Å². The summed E-state index contributed by atoms with van der Waals surface area (Å²) >= 11 is 5.01. The van der Waals surface area contributed by atoms with E-state index in [4.69, 9.17) is 4.99 Å². The SMILES string of the molecule is CCCCCn1c(=O)cc(-c2ccccc2)sc1=Nc1ccc(Br)cc1. The van der Waals surface area contributed by atoms with Crippen molar-refractivity contribution in [2.45, 2.75) is 32.7 Å². The van der Waals surface area contributed by atoms with Crippen LogP contribution in [-0.2, 0) is 6.54 Å². The van der Waals surface area contributed by atoms with E-state index >= 15 is 0 Å². The average Bonchev–Trinajstić information content (AvgIpc) is 2.66. The molecule has 0 fully saturated rings. The Balaban J connectivity index is 2.12. The molecule has 0 saturated carbocycles. The summed E-state index contributed by atoms with van der Waals surface area (Å²) in [6.07, 6.45) is 3.21. The third kappa shape index (κ3) is 4.80. The first-order valence-electron chi connectivity index (χ1n) is 8.78. The fraction of sp³-hybridized carbons (Fsp3) is 0.238. The Kier molecular flexibility index (Phi) is 6.58. The number of hydrogen-bond donors (Lipinski definition) is 0. The minimum Gasteiger partial charge on any atom is -0.284 e. The average molecular weight is 429 g/mol. The van der Waals surface area contributed by atoms with E-state index in [1.165, 1.54) is 0 Å². The molecule has 0 bridgehead atoms. The van der Waals surface area contributed by atoms with E-state index in [1.807, 2.05) is 54.6 Å². The van der Waals surface area contributed by atoms with Crippen LogP contribution in [0.25, 0.3) is 10.4 Å². The highest BCUT2D eigenvalue weighted by Crippen LogP contribution is 2.21. The van der Waals surface area contributed by atoms with Crippen LogP contribution < -0.4 is 10.4 Å². The Morgan fingerprint density at radius 1 is 1.04 bits per heavy atom. The van der Waals surface area contributed by atoms with Crippen LogP contribution in [0.3, 0.4) is 0 Å². The van der Waals surface area contributed by atoms with Gasteiger partial charge in [0.25, 0.3) is 5.56 Å². The highest BCUT2D eigenvalue weighted by Gasteiger charge is 2.06. The highest BCUT2D eigenvalue weighted by atomic mass is 79.9. The summed E-state index contributed by atoms with van der Waals surface area (Å²) in [5.41, 5.74) is 1.90. The van der Waals surface area contributed by atoms with Crippen molar-refractivity contribution in [1.82, 2.24) is 4.57 Å². The number of rotatable bonds is 6. The van der Waals surface area contributed by atoms with Crippen LogP contribution >= 0.6 is 27.3 Å². The predicted octanol–water partition coefficient (Wildman–Crippen LogP) is 5.76. The van der Waals surface area contributed by atoms with Crippen LogP contribution in [0.2, 0.25) is 0 Å². The second kappa shape index (κ2) is 9.10. The number of unbranched alkanes of at least 4 members (excludes halogenated alkanes) is 2. The number of aromatic nitrogens is 1. The molecule has 3 nitrogen and oxygen atoms in total. The Morgan fingerprint density at radius 2 is 1.77 bits per heavy atom. The molecule has 0 aliphatic carbocycles. The second-order valence-electron chi connectivity index (χ2n) is 6.04. The Morgan fingerprint density at radius 3 is 2.46 bits per heavy atom. The summed E-state index contributed by atoms with van der Waals surface area (Å²) < 4.78 is 2.81. The molecule has 5 heteroatoms. The molecule has 2 aromatic carbocycles. The zero-order valence-electron chi connectivity index (χ0n) is 14.7. The molecule has 0 spiro atoms. The summed E-state index contributed by atoms with van der Waals surface area (Å²) in [4.78, 5) is 19.2. The van der Waals surface area contributed by atoms with Gasteiger partial charge in [-0.2, -0.15) is 0 Å². The van der Waals surface area contributed by atoms with Gasteiger partial charge in [-0.3, -0.25) is 9.36 Å². The fourth-order valence-electron chi connectivity index (χ4n) is 2.65. The smallest absolute Gasteiger partial charge is 0.254 e. The van der Waals surface area contributed by atoms with Crippen molar-refractivity contribution in [2.24, 2.45) is 4.99 Å². The van der Waals surface area contributed by atoms with Gasteiger partial charge in [-0.15, -0.1) is 0 Å². The molecule has 0 saturated heterocycles. The van der Waals surface area contributed by atoms with Gasteiger partial charge in [-0.1, -0.05) is 77.4 Å². The van der Waals surface area contributed by atoms with Crippen molar-refractivity contribution in [1.29, 1.82) is 0 Å². The monoisotopic (exact) mass is 428 g/mol. The van der Waals surface area contributed by atoms with E-state index in [-0.39, 0.29) is 5.56 Å². The van der Waals surface area contributed by atoms with Crippen molar-refractivity contribution < 1.29 is 0 Å². The molecule has 0 N–H and O–H groups in total. The van der Waals surface area contributed by atoms with E-state index in [0.29, 0.717) is 6.54 Å². The van der Waals surface area contributed by atoms with Gasteiger partial charge in [0.05, 0.1) is 5.69 Å². The van der Waals surface area contributed by atoms with Crippen molar-refractivity contribution in [2.75, 3.05) is 0 Å². The first-order chi connectivity index (χ1) is 12.7. The minimum absolute atomic E-state index is 0.00886. The molecule has 0 atom stereocenters. The number of nitrogens with zero attached hydrogens (tertiary/aromatic N) is 2. The Bertz CT molecular complexity index is 975. The fourth-order valence-corrected chi connectivity index (χ4v) is 3.96. The van der Waals surface area contributed by atoms with Gasteiger partial charge in [0.2, 0.25) is 0 Å². The largest absolute Gasteiger partial charge is 0.284 e. The summed E-state index contributed by atoms with van der Waals surface area (Å²) in [6.45, 7) is 2.87. The molecule has 3 aromatic rings. The lowest BCUT2D eigenvalue weighted by molar-refractivity contribution is 0.576. The van der Waals surface area contributed by atoms with E-state index in [9.17, 15) is 4.79 Å². The summed E-state index contributed by atoms with van der Waals surface area (Å²) in [6, 6.07) is 19.6. The van der Waals surface area contributed by atoms with Crippen molar-refractivity contribution in [3.8, 4) is 10.4 Å². The Labute approximate surface area is 165 Å². The zero-order chi connectivity index (χ0) is 18.4. The summed E-state index contributed by atoms with van der Waals surface area (Å²) in [5.74, 6) is 0. The van der Waals surface area contributed by atoms with Gasteiger partial charge >= 0.3 is 0 Å². The topological polar surface area (TPSA) is 34.4 Å². The quantitative estimate of drug-likeness (QED) is 0.459. The van der Waals surface area contributed by atoms with E-state index < -0.39 is 0 Å². The third-order valence-corrected chi connectivity index (χ3v) is 5.64. The third-order valence-electron chi connectivity index (χ3n) is 4.05. The molecule has 1 heterocycles. The molecule has 3 rings (SSSR count). The van der Waals surface area contributed by atoms with E-state index in [1.54, 1.807) is 22.0 Å². The molecular weight excluding hydrogens is 408 g/mol. The lowest BCUT2D eigenvalue weighted by Crippen LogP contribution is -2.31. The van der Waals surface area contributed by atoms with Crippen LogP contribution in [0.15, 0.2) is 74.9 Å². The van der Waals surface area contributed by atoms with Gasteiger partial charge in [0, 0.05) is 22.0 Å². The molecule has 0 radical (unpaired) electrons. The van der Waals surface area contributed by atoms with E-state index in [0.717, 1.165) is 44.7 Å². The highest BCUT2D eigenvalue weighted by molar-refractivity contribution is 9.10. The number of hydrogen-bond acceptors (Lipinski definition) is 3. The first kappa shape index (κ1) is 18.8. The van der Waals surface area contributed by atoms with Crippen LogP contribution in [0, 0.1) is 0 Å². The van der Waals surface area contributed by atoms with E-state index in [2.05, 4.69) is 22.9 Å². The van der Waals surface area contributed by atoms with Gasteiger partial charge < -0.3 is 0 Å². The maximum absolute atomic E-state index is 12.8. The lowest BCUT2D eigenvalue weighted by atomic mass is 10.2. The van der Waals surface area contributed by atoms with Gasteiger partial charge in [0.15, 0.2) is 4.80 Å². The standard InChI is InChI=1S/C21H21BrN2OS/c1-2-3-7-14-24-20(25)15-19(16-8-5-4-6-9-16)26-21(24)23-18-12-10-17(22)11-13-18/h4-6,8-13,15H,2-3,7,14H2,1H3. The van der Waals surface area contributed by atoms with Crippen LogP contribution in [0.1, 0.15) is 26.2 Å². The second-order valence-corrected chi connectivity index (χ2v) is 7.97. The lowest BCUT2D eigenvalue weighted by Gasteiger charge is -2.08. The van der Waals surface area contributed by atoms with Gasteiger partial charge in [-0.25, -0.2) is 4.99 Å². The molecule has 0 amide bonds. The van der Waals surface area contributed by atoms with Crippen LogP contribution in [0.4, 0.5) is 5.69 Å². The summed E-state index contributed by atoms with van der Waals surface area (Å²) in [5, 5.41) is 0. The maximum Gasteiger partial charge on any atom is 0.254 e. The molecule has 0 unspecified atom stereocenters. The first-order valence-corrected chi connectivity index (χ1v) is 10.4. The Hall–Kier alpha value is -1.98. The van der Waals surface area contributed by atoms with Gasteiger partial charge in [0.1, 0.15) is 0 Å².